The smallest absolute Gasteiger partial charge is 0.222 e. The molecule has 0 spiro atoms. The van der Waals surface area contributed by atoms with Gasteiger partial charge in [0.15, 0.2) is 5.82 Å². The molecular formula is C14H22FN5O. The maximum Gasteiger partial charge on any atom is 0.222 e. The number of nitrogens with one attached hydrogen (secondary N) is 1. The number of nitrogen functional groups attached to an aromatic ring is 1. The molecule has 0 aliphatic heterocycles. The summed E-state index contributed by atoms with van der Waals surface area (Å²) in [6.07, 6.45) is 5.80. The molecule has 0 fully saturated rings. The number of halogens is 1. The Bertz CT molecular complexity index is 555. The zero-order valence-corrected chi connectivity index (χ0v) is 12.4. The summed E-state index contributed by atoms with van der Waals surface area (Å²) >= 11 is 0. The number of rotatable bonds is 5. The molecule has 0 unspecified atom stereocenters. The Balaban J connectivity index is 0.000000270. The molecule has 7 heteroatoms. The van der Waals surface area contributed by atoms with Crippen molar-refractivity contribution in [2.75, 3.05) is 24.7 Å². The molecule has 2 aromatic rings. The molecule has 0 saturated carbocycles. The van der Waals surface area contributed by atoms with Crippen LogP contribution in [-0.2, 0) is 0 Å². The molecule has 0 amide bonds. The fraction of sp³-hybridized carbons (Fsp3) is 0.500. The maximum absolute atomic E-state index is 12.8. The summed E-state index contributed by atoms with van der Waals surface area (Å²) < 4.78 is 12.8. The van der Waals surface area contributed by atoms with Crippen LogP contribution in [0.25, 0.3) is 11.0 Å². The molecule has 0 atom stereocenters. The average Bonchev–Trinajstić information content (AvgIpc) is 2.47. The van der Waals surface area contributed by atoms with E-state index in [0.717, 1.165) is 12.6 Å². The van der Waals surface area contributed by atoms with Crippen LogP contribution in [0.2, 0.25) is 0 Å². The van der Waals surface area contributed by atoms with Crippen LogP contribution in [0.5, 0.6) is 0 Å². The van der Waals surface area contributed by atoms with Crippen LogP contribution in [0.1, 0.15) is 32.6 Å². The monoisotopic (exact) mass is 295 g/mol. The van der Waals surface area contributed by atoms with Gasteiger partial charge in [0.1, 0.15) is 11.3 Å². The first-order valence-electron chi connectivity index (χ1n) is 6.99. The third kappa shape index (κ3) is 5.47. The summed E-state index contributed by atoms with van der Waals surface area (Å²) in [7, 11) is 1.69. The lowest BCUT2D eigenvalue weighted by Crippen LogP contribution is -2.02. The van der Waals surface area contributed by atoms with Gasteiger partial charge in [-0.05, 0) is 6.42 Å². The molecule has 0 aliphatic carbocycles. The van der Waals surface area contributed by atoms with Crippen LogP contribution in [0, 0.1) is 5.82 Å². The average molecular weight is 295 g/mol. The molecule has 0 aliphatic rings. The normalized spacial score (nSPS) is 10.1. The number of hydrogen-bond donors (Lipinski definition) is 3. The molecule has 2 heterocycles. The van der Waals surface area contributed by atoms with E-state index in [1.807, 2.05) is 0 Å². The van der Waals surface area contributed by atoms with E-state index in [9.17, 15) is 4.39 Å². The summed E-state index contributed by atoms with van der Waals surface area (Å²) in [5.41, 5.74) is 6.33. The second-order valence-electron chi connectivity index (χ2n) is 4.49. The number of aromatic nitrogens is 3. The van der Waals surface area contributed by atoms with Crippen molar-refractivity contribution in [2.45, 2.75) is 32.6 Å². The highest BCUT2D eigenvalue weighted by molar-refractivity contribution is 5.85. The molecule has 21 heavy (non-hydrogen) atoms. The van der Waals surface area contributed by atoms with Crippen molar-refractivity contribution in [1.29, 1.82) is 0 Å². The van der Waals surface area contributed by atoms with E-state index in [4.69, 9.17) is 10.8 Å². The third-order valence-corrected chi connectivity index (χ3v) is 2.77. The summed E-state index contributed by atoms with van der Waals surface area (Å²) in [6.45, 7) is 2.53. The van der Waals surface area contributed by atoms with Gasteiger partial charge in [0, 0.05) is 19.7 Å². The zero-order valence-electron chi connectivity index (χ0n) is 12.4. The predicted octanol–water partition coefficient (Wildman–Crippen LogP) is 2.35. The lowest BCUT2D eigenvalue weighted by atomic mass is 10.2. The molecular weight excluding hydrogens is 273 g/mol. The van der Waals surface area contributed by atoms with Crippen molar-refractivity contribution in [1.82, 2.24) is 15.0 Å². The summed E-state index contributed by atoms with van der Waals surface area (Å²) in [4.78, 5) is 11.7. The van der Waals surface area contributed by atoms with Gasteiger partial charge in [-0.25, -0.2) is 14.4 Å². The number of nitrogens with two attached hydrogens (primary N) is 1. The number of aliphatic hydroxyl groups excluding tert-OH is 1. The van der Waals surface area contributed by atoms with Crippen molar-refractivity contribution in [3.8, 4) is 0 Å². The second kappa shape index (κ2) is 9.02. The standard InChI is InChI=1S/C8H8FN5.C6H14O/c1-11-7-6-5(13-8(10)14-7)2-4(9)3-12-6;1-2-3-4-5-6-7/h2-3H,1H3,(H3,10,11,13,14);7H,2-6H2,1H3. The van der Waals surface area contributed by atoms with Crippen LogP contribution in [0.3, 0.4) is 0 Å². The minimum atomic E-state index is -0.447. The maximum atomic E-state index is 12.8. The highest BCUT2D eigenvalue weighted by Crippen LogP contribution is 2.18. The van der Waals surface area contributed by atoms with Gasteiger partial charge < -0.3 is 16.2 Å². The number of aliphatic hydroxyl groups is 1. The first-order chi connectivity index (χ1) is 10.1. The van der Waals surface area contributed by atoms with E-state index in [0.29, 0.717) is 23.5 Å². The van der Waals surface area contributed by atoms with Gasteiger partial charge >= 0.3 is 0 Å². The van der Waals surface area contributed by atoms with Crippen molar-refractivity contribution >= 4 is 22.8 Å². The molecule has 2 rings (SSSR count). The number of fused-ring (bicyclic) bond motifs is 1. The summed E-state index contributed by atoms with van der Waals surface area (Å²) in [5.74, 6) is 0.138. The number of anilines is 2. The first kappa shape index (κ1) is 17.0. The summed E-state index contributed by atoms with van der Waals surface area (Å²) in [6, 6.07) is 1.27. The van der Waals surface area contributed by atoms with E-state index in [1.54, 1.807) is 7.05 Å². The van der Waals surface area contributed by atoms with E-state index < -0.39 is 5.82 Å². The number of pyridine rings is 1. The van der Waals surface area contributed by atoms with E-state index >= 15 is 0 Å². The molecule has 0 radical (unpaired) electrons. The molecule has 0 aromatic carbocycles. The molecule has 0 bridgehead atoms. The quantitative estimate of drug-likeness (QED) is 0.733. The van der Waals surface area contributed by atoms with Crippen molar-refractivity contribution in [3.63, 3.8) is 0 Å². The molecule has 0 saturated heterocycles. The zero-order chi connectivity index (χ0) is 15.7. The van der Waals surface area contributed by atoms with E-state index in [-0.39, 0.29) is 5.95 Å². The SMILES string of the molecule is CCCCCCO.CNc1nc(N)nc2cc(F)cnc12. The molecule has 2 aromatic heterocycles. The number of nitrogens with zero attached hydrogens (tertiary/aromatic N) is 3. The lowest BCUT2D eigenvalue weighted by Gasteiger charge is -2.04. The van der Waals surface area contributed by atoms with E-state index in [1.165, 1.54) is 25.3 Å². The van der Waals surface area contributed by atoms with Crippen LogP contribution >= 0.6 is 0 Å². The molecule has 4 N–H and O–H groups in total. The number of hydrogen-bond acceptors (Lipinski definition) is 6. The predicted molar refractivity (Wildman–Crippen MR) is 82.5 cm³/mol. The Hall–Kier alpha value is -2.02. The van der Waals surface area contributed by atoms with Gasteiger partial charge in [-0.3, -0.25) is 0 Å². The van der Waals surface area contributed by atoms with Crippen molar-refractivity contribution < 1.29 is 9.50 Å². The van der Waals surface area contributed by atoms with Gasteiger partial charge in [0.2, 0.25) is 5.95 Å². The topological polar surface area (TPSA) is 97.0 Å². The van der Waals surface area contributed by atoms with Gasteiger partial charge in [-0.2, -0.15) is 4.98 Å². The van der Waals surface area contributed by atoms with E-state index in [2.05, 4.69) is 27.2 Å². The minimum absolute atomic E-state index is 0.0919. The Morgan fingerprint density at radius 3 is 2.67 bits per heavy atom. The van der Waals surface area contributed by atoms with Gasteiger partial charge in [0.25, 0.3) is 0 Å². The highest BCUT2D eigenvalue weighted by atomic mass is 19.1. The Morgan fingerprint density at radius 1 is 1.29 bits per heavy atom. The lowest BCUT2D eigenvalue weighted by molar-refractivity contribution is 0.283. The van der Waals surface area contributed by atoms with Gasteiger partial charge in [-0.15, -0.1) is 0 Å². The van der Waals surface area contributed by atoms with Crippen molar-refractivity contribution in [3.05, 3.63) is 18.1 Å². The van der Waals surface area contributed by atoms with Crippen LogP contribution in [-0.4, -0.2) is 33.7 Å². The fourth-order valence-electron chi connectivity index (χ4n) is 1.73. The Kier molecular flexibility index (Phi) is 7.31. The largest absolute Gasteiger partial charge is 0.396 e. The Morgan fingerprint density at radius 2 is 2.05 bits per heavy atom. The Labute approximate surface area is 123 Å². The van der Waals surface area contributed by atoms with Crippen LogP contribution in [0.15, 0.2) is 12.3 Å². The van der Waals surface area contributed by atoms with Crippen LogP contribution in [0.4, 0.5) is 16.2 Å². The second-order valence-corrected chi connectivity index (χ2v) is 4.49. The highest BCUT2D eigenvalue weighted by Gasteiger charge is 2.06. The molecule has 6 nitrogen and oxygen atoms in total. The summed E-state index contributed by atoms with van der Waals surface area (Å²) in [5, 5.41) is 11.1. The van der Waals surface area contributed by atoms with Crippen LogP contribution < -0.4 is 11.1 Å². The minimum Gasteiger partial charge on any atom is -0.396 e. The third-order valence-electron chi connectivity index (χ3n) is 2.77. The first-order valence-corrected chi connectivity index (χ1v) is 6.99. The fourth-order valence-corrected chi connectivity index (χ4v) is 1.73. The number of unbranched alkanes of at least 4 members (excludes halogenated alkanes) is 3. The van der Waals surface area contributed by atoms with Crippen molar-refractivity contribution in [2.24, 2.45) is 0 Å². The van der Waals surface area contributed by atoms with Gasteiger partial charge in [0.05, 0.1) is 11.7 Å². The van der Waals surface area contributed by atoms with Gasteiger partial charge in [-0.1, -0.05) is 26.2 Å². The molecule has 116 valence electrons.